The minimum atomic E-state index is -0.567. The van der Waals surface area contributed by atoms with E-state index in [1.54, 1.807) is 9.58 Å². The van der Waals surface area contributed by atoms with Crippen LogP contribution in [0.4, 0.5) is 0 Å². The number of aryl methyl sites for hydroxylation is 1. The molecule has 1 aliphatic rings. The van der Waals surface area contributed by atoms with Crippen LogP contribution < -0.4 is 0 Å². The van der Waals surface area contributed by atoms with Gasteiger partial charge in [0, 0.05) is 42.5 Å². The number of amides is 1. The van der Waals surface area contributed by atoms with Gasteiger partial charge in [-0.25, -0.2) is 0 Å². The molecule has 0 aliphatic carbocycles. The van der Waals surface area contributed by atoms with Crippen LogP contribution in [0.3, 0.4) is 0 Å². The summed E-state index contributed by atoms with van der Waals surface area (Å²) in [6.45, 7) is 0.821. The Kier molecular flexibility index (Phi) is 4.28. The maximum atomic E-state index is 13.1. The molecule has 1 amide bonds. The summed E-state index contributed by atoms with van der Waals surface area (Å²) < 4.78 is 1.73. The van der Waals surface area contributed by atoms with Crippen LogP contribution in [0.15, 0.2) is 60.7 Å². The highest BCUT2D eigenvalue weighted by atomic mass is 16.3. The minimum absolute atomic E-state index is 0.0393. The fraction of sp³-hybridized carbons (Fsp3) is 0.261. The normalized spacial score (nSPS) is 19.3. The lowest BCUT2D eigenvalue weighted by Crippen LogP contribution is -2.30. The van der Waals surface area contributed by atoms with Gasteiger partial charge < -0.3 is 10.0 Å². The maximum Gasteiger partial charge on any atom is 0.275 e. The molecule has 0 unspecified atom stereocenters. The number of aromatic nitrogens is 3. The fourth-order valence-electron chi connectivity index (χ4n) is 4.23. The first kappa shape index (κ1) is 17.8. The second-order valence-electron chi connectivity index (χ2n) is 7.73. The smallest absolute Gasteiger partial charge is 0.275 e. The van der Waals surface area contributed by atoms with Crippen molar-refractivity contribution in [3.8, 4) is 0 Å². The van der Waals surface area contributed by atoms with Crippen LogP contribution in [-0.2, 0) is 13.5 Å². The summed E-state index contributed by atoms with van der Waals surface area (Å²) in [5.41, 5.74) is 3.25. The summed E-state index contributed by atoms with van der Waals surface area (Å²) in [6.07, 6.45) is 0.0702. The van der Waals surface area contributed by atoms with Crippen molar-refractivity contribution in [3.63, 3.8) is 0 Å². The van der Waals surface area contributed by atoms with Gasteiger partial charge in [-0.05, 0) is 24.6 Å². The molecule has 0 radical (unpaired) electrons. The number of aliphatic hydroxyl groups is 1. The molecule has 5 rings (SSSR count). The molecular formula is C23H22N4O2. The summed E-state index contributed by atoms with van der Waals surface area (Å²) in [5, 5.41) is 17.0. The number of β-amino-alcohol motifs (C(OH)–C–C–N with tert-alkyl or cyclic N) is 1. The van der Waals surface area contributed by atoms with E-state index in [1.165, 1.54) is 0 Å². The number of carbonyl (C=O) groups excluding carboxylic acids is 1. The first-order valence-corrected chi connectivity index (χ1v) is 9.84. The lowest BCUT2D eigenvalue weighted by molar-refractivity contribution is 0.0760. The Balaban J connectivity index is 1.36. The van der Waals surface area contributed by atoms with Crippen LogP contribution in [0, 0.1) is 5.92 Å². The Hall–Kier alpha value is -3.25. The molecule has 6 nitrogen and oxygen atoms in total. The standard InChI is InChI=1S/C23H22N4O2/c1-26-20-9-5-3-7-18(20)22(25-26)23(29)27-13-16(21(28)14-27)12-17-11-10-15-6-2-4-8-19(15)24-17/h2-11,16,21,28H,12-14H2,1H3/t16-,21-/m1/s1. The van der Waals surface area contributed by atoms with Crippen LogP contribution in [0.5, 0.6) is 0 Å². The van der Waals surface area contributed by atoms with E-state index in [0.717, 1.165) is 27.5 Å². The van der Waals surface area contributed by atoms with Crippen LogP contribution in [0.2, 0.25) is 0 Å². The molecule has 2 aromatic carbocycles. The molecule has 6 heteroatoms. The highest BCUT2D eigenvalue weighted by Crippen LogP contribution is 2.26. The van der Waals surface area contributed by atoms with E-state index in [2.05, 4.69) is 11.2 Å². The topological polar surface area (TPSA) is 71.2 Å². The SMILES string of the molecule is Cn1nc(C(=O)N2C[C@@H](Cc3ccc4ccccc4n3)[C@H](O)C2)c2ccccc21. The molecule has 2 atom stereocenters. The first-order valence-electron chi connectivity index (χ1n) is 9.84. The molecular weight excluding hydrogens is 364 g/mol. The average molecular weight is 386 g/mol. The van der Waals surface area contributed by atoms with Gasteiger partial charge in [-0.1, -0.05) is 42.5 Å². The maximum absolute atomic E-state index is 13.1. The summed E-state index contributed by atoms with van der Waals surface area (Å²) in [7, 11) is 1.84. The molecule has 146 valence electrons. The second-order valence-corrected chi connectivity index (χ2v) is 7.73. The number of para-hydroxylation sites is 2. The quantitative estimate of drug-likeness (QED) is 0.588. The Labute approximate surface area is 168 Å². The predicted molar refractivity (Wildman–Crippen MR) is 112 cm³/mol. The van der Waals surface area contributed by atoms with E-state index in [4.69, 9.17) is 4.98 Å². The summed E-state index contributed by atoms with van der Waals surface area (Å²) >= 11 is 0. The van der Waals surface area contributed by atoms with Crippen molar-refractivity contribution in [3.05, 3.63) is 72.1 Å². The van der Waals surface area contributed by atoms with Crippen LogP contribution >= 0.6 is 0 Å². The summed E-state index contributed by atoms with van der Waals surface area (Å²) in [5.74, 6) is -0.169. The Morgan fingerprint density at radius 1 is 1.07 bits per heavy atom. The third-order valence-corrected chi connectivity index (χ3v) is 5.78. The van der Waals surface area contributed by atoms with Crippen molar-refractivity contribution in [2.24, 2.45) is 13.0 Å². The van der Waals surface area contributed by atoms with Gasteiger partial charge in [-0.2, -0.15) is 5.10 Å². The highest BCUT2D eigenvalue weighted by Gasteiger charge is 2.36. The largest absolute Gasteiger partial charge is 0.391 e. The van der Waals surface area contributed by atoms with E-state index in [1.807, 2.05) is 61.6 Å². The van der Waals surface area contributed by atoms with Gasteiger partial charge in [-0.15, -0.1) is 0 Å². The number of hydrogen-bond donors (Lipinski definition) is 1. The van der Waals surface area contributed by atoms with Gasteiger partial charge in [0.05, 0.1) is 17.1 Å². The number of carbonyl (C=O) groups is 1. The average Bonchev–Trinajstić information content (AvgIpc) is 3.28. The van der Waals surface area contributed by atoms with E-state index in [0.29, 0.717) is 25.2 Å². The first-order chi connectivity index (χ1) is 14.1. The van der Waals surface area contributed by atoms with Gasteiger partial charge >= 0.3 is 0 Å². The number of fused-ring (bicyclic) bond motifs is 2. The molecule has 1 aliphatic heterocycles. The van der Waals surface area contributed by atoms with Crippen LogP contribution in [-0.4, -0.2) is 49.9 Å². The van der Waals surface area contributed by atoms with E-state index < -0.39 is 6.10 Å². The molecule has 0 bridgehead atoms. The number of nitrogens with zero attached hydrogens (tertiary/aromatic N) is 4. The zero-order chi connectivity index (χ0) is 20.0. The number of hydrogen-bond acceptors (Lipinski definition) is 4. The molecule has 1 saturated heterocycles. The second kappa shape index (κ2) is 6.97. The molecule has 29 heavy (non-hydrogen) atoms. The van der Waals surface area contributed by atoms with Crippen LogP contribution in [0.1, 0.15) is 16.2 Å². The monoisotopic (exact) mass is 386 g/mol. The van der Waals surface area contributed by atoms with E-state index >= 15 is 0 Å². The number of rotatable bonds is 3. The zero-order valence-electron chi connectivity index (χ0n) is 16.2. The Morgan fingerprint density at radius 3 is 2.76 bits per heavy atom. The van der Waals surface area contributed by atoms with E-state index in [-0.39, 0.29) is 11.8 Å². The third-order valence-electron chi connectivity index (χ3n) is 5.78. The van der Waals surface area contributed by atoms with Gasteiger partial charge in [0.25, 0.3) is 5.91 Å². The number of aliphatic hydroxyl groups excluding tert-OH is 1. The highest BCUT2D eigenvalue weighted by molar-refractivity contribution is 6.05. The number of pyridine rings is 1. The lowest BCUT2D eigenvalue weighted by Gasteiger charge is -2.15. The van der Waals surface area contributed by atoms with Crippen molar-refractivity contribution in [1.82, 2.24) is 19.7 Å². The number of benzene rings is 2. The predicted octanol–water partition coefficient (Wildman–Crippen LogP) is 2.80. The lowest BCUT2D eigenvalue weighted by atomic mass is 9.99. The van der Waals surface area contributed by atoms with Crippen molar-refractivity contribution >= 4 is 27.7 Å². The van der Waals surface area contributed by atoms with Crippen LogP contribution in [0.25, 0.3) is 21.8 Å². The zero-order valence-corrected chi connectivity index (χ0v) is 16.2. The number of likely N-dealkylation sites (tertiary alicyclic amines) is 1. The third kappa shape index (κ3) is 3.15. The molecule has 0 saturated carbocycles. The molecule has 1 fully saturated rings. The van der Waals surface area contributed by atoms with Gasteiger partial charge in [0.1, 0.15) is 0 Å². The molecule has 4 aromatic rings. The molecule has 3 heterocycles. The fourth-order valence-corrected chi connectivity index (χ4v) is 4.23. The van der Waals surface area contributed by atoms with E-state index in [9.17, 15) is 9.90 Å². The Morgan fingerprint density at radius 2 is 1.86 bits per heavy atom. The van der Waals surface area contributed by atoms with Crippen molar-refractivity contribution < 1.29 is 9.90 Å². The van der Waals surface area contributed by atoms with Gasteiger partial charge in [0.15, 0.2) is 5.69 Å². The van der Waals surface area contributed by atoms with Gasteiger partial charge in [-0.3, -0.25) is 14.5 Å². The summed E-state index contributed by atoms with van der Waals surface area (Å²) in [4.78, 5) is 19.5. The molecule has 2 aromatic heterocycles. The van der Waals surface area contributed by atoms with Crippen molar-refractivity contribution in [2.75, 3.05) is 13.1 Å². The van der Waals surface area contributed by atoms with Gasteiger partial charge in [0.2, 0.25) is 0 Å². The minimum Gasteiger partial charge on any atom is -0.391 e. The molecule has 0 spiro atoms. The molecule has 1 N–H and O–H groups in total. The Bertz CT molecular complexity index is 1220. The van der Waals surface area contributed by atoms with Crippen molar-refractivity contribution in [1.29, 1.82) is 0 Å². The summed E-state index contributed by atoms with van der Waals surface area (Å²) in [6, 6.07) is 19.8. The van der Waals surface area contributed by atoms with Crippen molar-refractivity contribution in [2.45, 2.75) is 12.5 Å².